The lowest BCUT2D eigenvalue weighted by atomic mass is 9.96. The number of nitro groups is 1. The second kappa shape index (κ2) is 12.1. The van der Waals surface area contributed by atoms with Crippen LogP contribution in [0.2, 0.25) is 0 Å². The first kappa shape index (κ1) is 27.1. The summed E-state index contributed by atoms with van der Waals surface area (Å²) >= 11 is 0. The molecule has 0 aliphatic carbocycles. The fourth-order valence-corrected chi connectivity index (χ4v) is 5.24. The second-order valence-corrected chi connectivity index (χ2v) is 10.00. The number of benzene rings is 3. The van der Waals surface area contributed by atoms with Gasteiger partial charge in [0, 0.05) is 35.6 Å². The number of carbonyl (C=O) groups excluding carboxylic acids is 2. The Labute approximate surface area is 233 Å². The third-order valence-corrected chi connectivity index (χ3v) is 7.42. The zero-order valence-electron chi connectivity index (χ0n) is 22.4. The lowest BCUT2D eigenvalue weighted by Crippen LogP contribution is -2.38. The maximum Gasteiger partial charge on any atom is 0.309 e. The van der Waals surface area contributed by atoms with E-state index >= 15 is 0 Å². The fourth-order valence-electron chi connectivity index (χ4n) is 5.24. The van der Waals surface area contributed by atoms with Crippen LogP contribution in [0.1, 0.15) is 36.5 Å². The van der Waals surface area contributed by atoms with E-state index in [0.29, 0.717) is 29.1 Å². The minimum atomic E-state index is -0.461. The van der Waals surface area contributed by atoms with Crippen LogP contribution in [0.3, 0.4) is 0 Å². The van der Waals surface area contributed by atoms with Crippen molar-refractivity contribution < 1.29 is 19.2 Å². The molecule has 0 saturated carbocycles. The summed E-state index contributed by atoms with van der Waals surface area (Å²) in [6, 6.07) is 21.9. The SMILES string of the molecule is CCOC(=O)C1CCN(CCc2ccc(NC(=C3C(=O)Nc4ccc([N+](=O)[O-])cc43)c3ccccc3)cc2)CC1. The highest BCUT2D eigenvalue weighted by Crippen LogP contribution is 2.39. The van der Waals surface area contributed by atoms with Crippen molar-refractivity contribution in [2.45, 2.75) is 26.2 Å². The summed E-state index contributed by atoms with van der Waals surface area (Å²) in [5, 5.41) is 17.7. The van der Waals surface area contributed by atoms with Gasteiger partial charge in [0.25, 0.3) is 11.6 Å². The van der Waals surface area contributed by atoms with Crippen LogP contribution in [-0.2, 0) is 20.7 Å². The van der Waals surface area contributed by atoms with Gasteiger partial charge in [-0.05, 0) is 68.6 Å². The molecule has 2 N–H and O–H groups in total. The number of anilines is 2. The van der Waals surface area contributed by atoms with Crippen molar-refractivity contribution in [3.05, 3.63) is 99.6 Å². The molecule has 0 aromatic heterocycles. The molecule has 2 aliphatic heterocycles. The number of nitrogens with zero attached hydrogens (tertiary/aromatic N) is 2. The van der Waals surface area contributed by atoms with Gasteiger partial charge in [0.1, 0.15) is 0 Å². The first-order valence-electron chi connectivity index (χ1n) is 13.6. The zero-order chi connectivity index (χ0) is 28.1. The standard InChI is InChI=1S/C31H32N4O5/c1-2-40-31(37)23-15-18-34(19-16-23)17-14-21-8-10-24(11-9-21)32-29(22-6-4-3-5-7-22)28-26-20-25(35(38)39)12-13-27(26)33-30(28)36/h3-13,20,23,32H,2,14-19H2,1H3,(H,33,36). The first-order chi connectivity index (χ1) is 19.4. The summed E-state index contributed by atoms with van der Waals surface area (Å²) < 4.78 is 5.17. The highest BCUT2D eigenvalue weighted by atomic mass is 16.6. The number of nitrogens with one attached hydrogen (secondary N) is 2. The van der Waals surface area contributed by atoms with Crippen molar-refractivity contribution in [1.29, 1.82) is 0 Å². The number of piperidine rings is 1. The number of carbonyl (C=O) groups is 2. The first-order valence-corrected chi connectivity index (χ1v) is 13.6. The topological polar surface area (TPSA) is 114 Å². The minimum Gasteiger partial charge on any atom is -0.466 e. The van der Waals surface area contributed by atoms with E-state index in [1.165, 1.54) is 17.7 Å². The number of ether oxygens (including phenoxy) is 1. The van der Waals surface area contributed by atoms with Crippen molar-refractivity contribution in [3.8, 4) is 0 Å². The van der Waals surface area contributed by atoms with Gasteiger partial charge >= 0.3 is 5.97 Å². The number of non-ortho nitro benzene ring substituents is 1. The minimum absolute atomic E-state index is 0.00883. The molecule has 0 atom stereocenters. The summed E-state index contributed by atoms with van der Waals surface area (Å²) in [7, 11) is 0. The molecule has 40 heavy (non-hydrogen) atoms. The van der Waals surface area contributed by atoms with Crippen LogP contribution >= 0.6 is 0 Å². The smallest absolute Gasteiger partial charge is 0.309 e. The van der Waals surface area contributed by atoms with Gasteiger partial charge in [-0.1, -0.05) is 42.5 Å². The number of fused-ring (bicyclic) bond motifs is 1. The Morgan fingerprint density at radius 1 is 1.07 bits per heavy atom. The molecule has 9 heteroatoms. The zero-order valence-corrected chi connectivity index (χ0v) is 22.4. The molecule has 0 unspecified atom stereocenters. The molecule has 0 bridgehead atoms. The number of nitro benzene ring substituents is 1. The van der Waals surface area contributed by atoms with Crippen LogP contribution in [-0.4, -0.2) is 47.9 Å². The molecular formula is C31H32N4O5. The number of hydrogen-bond donors (Lipinski definition) is 2. The number of rotatable bonds is 9. The van der Waals surface area contributed by atoms with E-state index in [1.807, 2.05) is 49.4 Å². The summed E-state index contributed by atoms with van der Waals surface area (Å²) in [5.41, 5.74) is 4.69. The Morgan fingerprint density at radius 2 is 1.80 bits per heavy atom. The van der Waals surface area contributed by atoms with Crippen molar-refractivity contribution >= 4 is 40.2 Å². The van der Waals surface area contributed by atoms with Gasteiger partial charge in [0.05, 0.1) is 28.7 Å². The van der Waals surface area contributed by atoms with E-state index in [4.69, 9.17) is 4.74 Å². The maximum atomic E-state index is 13.1. The molecule has 0 radical (unpaired) electrons. The molecule has 0 spiro atoms. The third-order valence-electron chi connectivity index (χ3n) is 7.42. The van der Waals surface area contributed by atoms with Gasteiger partial charge < -0.3 is 20.3 Å². The molecule has 3 aromatic rings. The van der Waals surface area contributed by atoms with Gasteiger partial charge in [0.2, 0.25) is 0 Å². The molecular weight excluding hydrogens is 508 g/mol. The van der Waals surface area contributed by atoms with E-state index in [0.717, 1.165) is 50.1 Å². The summed E-state index contributed by atoms with van der Waals surface area (Å²) in [4.78, 5) is 38.4. The molecule has 2 aliphatic rings. The van der Waals surface area contributed by atoms with Crippen LogP contribution in [0.5, 0.6) is 0 Å². The lowest BCUT2D eigenvalue weighted by Gasteiger charge is -2.30. The maximum absolute atomic E-state index is 13.1. The second-order valence-electron chi connectivity index (χ2n) is 10.00. The van der Waals surface area contributed by atoms with Crippen LogP contribution in [0.25, 0.3) is 11.3 Å². The van der Waals surface area contributed by atoms with Gasteiger partial charge in [-0.25, -0.2) is 0 Å². The highest BCUT2D eigenvalue weighted by Gasteiger charge is 2.30. The largest absolute Gasteiger partial charge is 0.466 e. The van der Waals surface area contributed by atoms with E-state index in [2.05, 4.69) is 27.7 Å². The molecule has 1 fully saturated rings. The average molecular weight is 541 g/mol. The van der Waals surface area contributed by atoms with E-state index in [1.54, 1.807) is 6.07 Å². The van der Waals surface area contributed by atoms with Crippen molar-refractivity contribution in [2.24, 2.45) is 5.92 Å². The predicted octanol–water partition coefficient (Wildman–Crippen LogP) is 5.34. The van der Waals surface area contributed by atoms with E-state index < -0.39 is 4.92 Å². The average Bonchev–Trinajstić information content (AvgIpc) is 3.31. The Bertz CT molecular complexity index is 1430. The Balaban J connectivity index is 1.31. The van der Waals surface area contributed by atoms with Crippen LogP contribution < -0.4 is 10.6 Å². The van der Waals surface area contributed by atoms with Crippen LogP contribution in [0, 0.1) is 16.0 Å². The quantitative estimate of drug-likeness (QED) is 0.163. The van der Waals surface area contributed by atoms with Gasteiger partial charge in [-0.2, -0.15) is 0 Å². The summed E-state index contributed by atoms with van der Waals surface area (Å²) in [6.45, 7) is 4.96. The number of amides is 1. The molecule has 1 amide bonds. The van der Waals surface area contributed by atoms with Crippen LogP contribution in [0.4, 0.5) is 17.1 Å². The number of likely N-dealkylation sites (tertiary alicyclic amines) is 1. The molecule has 206 valence electrons. The summed E-state index contributed by atoms with van der Waals surface area (Å²) in [6.07, 6.45) is 2.55. The van der Waals surface area contributed by atoms with E-state index in [9.17, 15) is 19.7 Å². The monoisotopic (exact) mass is 540 g/mol. The third kappa shape index (κ3) is 6.05. The lowest BCUT2D eigenvalue weighted by molar-refractivity contribution is -0.384. The summed E-state index contributed by atoms with van der Waals surface area (Å²) in [5.74, 6) is -0.383. The molecule has 2 heterocycles. The molecule has 1 saturated heterocycles. The van der Waals surface area contributed by atoms with E-state index in [-0.39, 0.29) is 23.5 Å². The Morgan fingerprint density at radius 3 is 2.48 bits per heavy atom. The van der Waals surface area contributed by atoms with Gasteiger partial charge in [-0.3, -0.25) is 19.7 Å². The number of hydrogen-bond acceptors (Lipinski definition) is 7. The molecule has 3 aromatic carbocycles. The fraction of sp³-hybridized carbons (Fsp3) is 0.290. The Hall–Kier alpha value is -4.50. The van der Waals surface area contributed by atoms with Gasteiger partial charge in [0.15, 0.2) is 0 Å². The van der Waals surface area contributed by atoms with Gasteiger partial charge in [-0.15, -0.1) is 0 Å². The molecule has 9 nitrogen and oxygen atoms in total. The van der Waals surface area contributed by atoms with Crippen molar-refractivity contribution in [1.82, 2.24) is 4.90 Å². The Kier molecular flexibility index (Phi) is 8.21. The number of esters is 1. The van der Waals surface area contributed by atoms with Crippen LogP contribution in [0.15, 0.2) is 72.8 Å². The molecule has 5 rings (SSSR count). The highest BCUT2D eigenvalue weighted by molar-refractivity contribution is 6.37. The predicted molar refractivity (Wildman–Crippen MR) is 155 cm³/mol. The van der Waals surface area contributed by atoms with Crippen molar-refractivity contribution in [2.75, 3.05) is 36.9 Å². The van der Waals surface area contributed by atoms with Crippen molar-refractivity contribution in [3.63, 3.8) is 0 Å². The normalized spacial score (nSPS) is 16.7.